The van der Waals surface area contributed by atoms with Crippen molar-refractivity contribution in [2.45, 2.75) is 39.4 Å². The number of allylic oxidation sites excluding steroid dienone is 2. The fourth-order valence-corrected chi connectivity index (χ4v) is 2.60. The van der Waals surface area contributed by atoms with Gasteiger partial charge in [0.25, 0.3) is 0 Å². The van der Waals surface area contributed by atoms with Crippen molar-refractivity contribution >= 4 is 11.5 Å². The Morgan fingerprint density at radius 2 is 2.10 bits per heavy atom. The monoisotopic (exact) mass is 402 g/mol. The molecule has 0 amide bonds. The molecule has 2 aromatic rings. The van der Waals surface area contributed by atoms with Gasteiger partial charge in [0.2, 0.25) is 0 Å². The van der Waals surface area contributed by atoms with E-state index in [0.29, 0.717) is 17.1 Å². The first-order valence-corrected chi connectivity index (χ1v) is 9.23. The lowest BCUT2D eigenvalue weighted by molar-refractivity contribution is -0.137. The van der Waals surface area contributed by atoms with E-state index >= 15 is 0 Å². The zero-order valence-electron chi connectivity index (χ0n) is 16.6. The minimum atomic E-state index is -4.36. The Labute approximate surface area is 169 Å². The first-order valence-electron chi connectivity index (χ1n) is 9.23. The molecule has 1 heterocycles. The molecule has 4 nitrogen and oxygen atoms in total. The molecule has 0 spiro atoms. The number of benzene rings is 1. The summed E-state index contributed by atoms with van der Waals surface area (Å²) in [5, 5.41) is 3.14. The highest BCUT2D eigenvalue weighted by Gasteiger charge is 2.30. The van der Waals surface area contributed by atoms with Crippen LogP contribution in [0.15, 0.2) is 78.5 Å². The van der Waals surface area contributed by atoms with Crippen LogP contribution in [0.3, 0.4) is 0 Å². The van der Waals surface area contributed by atoms with Gasteiger partial charge >= 0.3 is 6.18 Å². The highest BCUT2D eigenvalue weighted by molar-refractivity contribution is 5.92. The smallest absolute Gasteiger partial charge is 0.339 e. The van der Waals surface area contributed by atoms with Gasteiger partial charge in [0.05, 0.1) is 11.9 Å². The second-order valence-corrected chi connectivity index (χ2v) is 6.61. The van der Waals surface area contributed by atoms with Gasteiger partial charge in [0.15, 0.2) is 0 Å². The summed E-state index contributed by atoms with van der Waals surface area (Å²) < 4.78 is 40.3. The fourth-order valence-electron chi connectivity index (χ4n) is 2.60. The number of hydrogen-bond donors (Lipinski definition) is 1. The van der Waals surface area contributed by atoms with Gasteiger partial charge in [-0.15, -0.1) is 0 Å². The molecule has 29 heavy (non-hydrogen) atoms. The van der Waals surface area contributed by atoms with Gasteiger partial charge < -0.3 is 9.88 Å². The van der Waals surface area contributed by atoms with Crippen molar-refractivity contribution in [3.8, 4) is 0 Å². The van der Waals surface area contributed by atoms with E-state index in [1.165, 1.54) is 6.07 Å². The number of nitrogens with zero attached hydrogens (tertiary/aromatic N) is 3. The summed E-state index contributed by atoms with van der Waals surface area (Å²) >= 11 is 0. The third kappa shape index (κ3) is 6.78. The highest BCUT2D eigenvalue weighted by atomic mass is 19.4. The number of nitrogens with one attached hydrogen (secondary N) is 1. The summed E-state index contributed by atoms with van der Waals surface area (Å²) in [6.45, 7) is 11.9. The van der Waals surface area contributed by atoms with Crippen molar-refractivity contribution in [3.05, 3.63) is 84.6 Å². The molecule has 1 N–H and O–H groups in total. The first kappa shape index (κ1) is 22.2. The molecule has 0 saturated carbocycles. The predicted molar refractivity (Wildman–Crippen MR) is 112 cm³/mol. The molecule has 0 bridgehead atoms. The maximum absolute atomic E-state index is 12.9. The van der Waals surface area contributed by atoms with Crippen LogP contribution in [0, 0.1) is 0 Å². The van der Waals surface area contributed by atoms with Crippen LogP contribution in [0.25, 0.3) is 0 Å². The predicted octanol–water partition coefficient (Wildman–Crippen LogP) is 6.21. The van der Waals surface area contributed by atoms with E-state index in [4.69, 9.17) is 0 Å². The standard InChI is InChI=1S/C22H25F3N4/c1-5-8-19(12-26-16(3)6-2)17(4)28-21-14-29(15-27-21)13-18-9-7-10-20(11-18)22(23,24)25/h6-7,9-12,14-15,28H,2,4-5,8,13H2,1,3H3/b19-12+,26-16+. The lowest BCUT2D eigenvalue weighted by atomic mass is 10.1. The van der Waals surface area contributed by atoms with Crippen molar-refractivity contribution in [2.75, 3.05) is 5.32 Å². The molecule has 0 saturated heterocycles. The first-order chi connectivity index (χ1) is 13.7. The molecular weight excluding hydrogens is 377 g/mol. The van der Waals surface area contributed by atoms with E-state index < -0.39 is 11.7 Å². The number of anilines is 1. The second kappa shape index (κ2) is 9.91. The molecule has 2 rings (SSSR count). The van der Waals surface area contributed by atoms with Gasteiger partial charge in [-0.25, -0.2) is 4.98 Å². The maximum atomic E-state index is 12.9. The topological polar surface area (TPSA) is 42.2 Å². The zero-order chi connectivity index (χ0) is 21.4. The molecule has 0 aliphatic heterocycles. The Balaban J connectivity index is 2.09. The van der Waals surface area contributed by atoms with Gasteiger partial charge in [-0.05, 0) is 42.7 Å². The molecule has 0 aliphatic carbocycles. The van der Waals surface area contributed by atoms with Gasteiger partial charge in [-0.1, -0.05) is 38.6 Å². The van der Waals surface area contributed by atoms with E-state index in [1.54, 1.807) is 35.4 Å². The molecule has 154 valence electrons. The van der Waals surface area contributed by atoms with E-state index in [1.807, 2.05) is 6.92 Å². The number of hydrogen-bond acceptors (Lipinski definition) is 3. The summed E-state index contributed by atoms with van der Waals surface area (Å²) in [7, 11) is 0. The van der Waals surface area contributed by atoms with Crippen LogP contribution in [-0.2, 0) is 12.7 Å². The summed E-state index contributed by atoms with van der Waals surface area (Å²) in [5.74, 6) is 0.563. The van der Waals surface area contributed by atoms with Crippen LogP contribution in [0.4, 0.5) is 19.0 Å². The number of imidazole rings is 1. The lowest BCUT2D eigenvalue weighted by Crippen LogP contribution is -2.06. The average Bonchev–Trinajstić information content (AvgIpc) is 3.10. The zero-order valence-corrected chi connectivity index (χ0v) is 16.6. The normalized spacial score (nSPS) is 12.7. The van der Waals surface area contributed by atoms with Crippen molar-refractivity contribution in [2.24, 2.45) is 4.99 Å². The molecule has 0 atom stereocenters. The molecule has 1 aromatic heterocycles. The minimum Gasteiger partial charge on any atom is -0.339 e. The number of halogens is 3. The molecule has 0 radical (unpaired) electrons. The molecule has 0 fully saturated rings. The molecule has 7 heteroatoms. The third-order valence-electron chi connectivity index (χ3n) is 4.16. The van der Waals surface area contributed by atoms with Crippen LogP contribution in [0.1, 0.15) is 37.8 Å². The van der Waals surface area contributed by atoms with Crippen molar-refractivity contribution in [1.29, 1.82) is 0 Å². The van der Waals surface area contributed by atoms with Crippen LogP contribution >= 0.6 is 0 Å². The number of alkyl halides is 3. The minimum absolute atomic E-state index is 0.283. The van der Waals surface area contributed by atoms with Crippen molar-refractivity contribution in [1.82, 2.24) is 9.55 Å². The lowest BCUT2D eigenvalue weighted by Gasteiger charge is -2.10. The van der Waals surface area contributed by atoms with Gasteiger partial charge in [0.1, 0.15) is 5.82 Å². The molecule has 0 aliphatic rings. The van der Waals surface area contributed by atoms with Crippen LogP contribution < -0.4 is 5.32 Å². The Hall–Kier alpha value is -3.09. The highest BCUT2D eigenvalue weighted by Crippen LogP contribution is 2.29. The number of aromatic nitrogens is 2. The molecular formula is C22H25F3N4. The third-order valence-corrected chi connectivity index (χ3v) is 4.16. The average molecular weight is 402 g/mol. The van der Waals surface area contributed by atoms with Crippen LogP contribution in [-0.4, -0.2) is 15.3 Å². The number of rotatable bonds is 9. The number of aliphatic imine (C=N–C) groups is 1. The van der Waals surface area contributed by atoms with Gasteiger partial charge in [-0.3, -0.25) is 4.99 Å². The van der Waals surface area contributed by atoms with Gasteiger partial charge in [0, 0.05) is 30.4 Å². The second-order valence-electron chi connectivity index (χ2n) is 6.61. The Morgan fingerprint density at radius 3 is 2.76 bits per heavy atom. The van der Waals surface area contributed by atoms with Crippen LogP contribution in [0.5, 0.6) is 0 Å². The summed E-state index contributed by atoms with van der Waals surface area (Å²) in [5.41, 5.74) is 2.31. The Bertz CT molecular complexity index is 920. The molecule has 1 aromatic carbocycles. The van der Waals surface area contributed by atoms with Crippen molar-refractivity contribution < 1.29 is 13.2 Å². The Kier molecular flexibility index (Phi) is 7.59. The van der Waals surface area contributed by atoms with Gasteiger partial charge in [-0.2, -0.15) is 13.2 Å². The fraction of sp³-hybridized carbons (Fsp3) is 0.273. The van der Waals surface area contributed by atoms with E-state index in [0.717, 1.165) is 36.3 Å². The molecule has 0 unspecified atom stereocenters. The summed E-state index contributed by atoms with van der Waals surface area (Å²) in [6, 6.07) is 5.27. The largest absolute Gasteiger partial charge is 0.416 e. The maximum Gasteiger partial charge on any atom is 0.416 e. The summed E-state index contributed by atoms with van der Waals surface area (Å²) in [4.78, 5) is 8.60. The SMILES string of the molecule is C=C/C(C)=N/C=C(\CCC)C(=C)Nc1cn(Cc2cccc(C(F)(F)F)c2)cn1. The summed E-state index contributed by atoms with van der Waals surface area (Å²) in [6.07, 6.45) is 4.10. The Morgan fingerprint density at radius 1 is 1.34 bits per heavy atom. The van der Waals surface area contributed by atoms with E-state index in [9.17, 15) is 13.2 Å². The van der Waals surface area contributed by atoms with Crippen molar-refractivity contribution in [3.63, 3.8) is 0 Å². The van der Waals surface area contributed by atoms with E-state index in [-0.39, 0.29) is 6.54 Å². The van der Waals surface area contributed by atoms with Crippen LogP contribution in [0.2, 0.25) is 0 Å². The quantitative estimate of drug-likeness (QED) is 0.400. The van der Waals surface area contributed by atoms with E-state index in [2.05, 4.69) is 35.4 Å².